The summed E-state index contributed by atoms with van der Waals surface area (Å²) in [7, 11) is 0. The molecule has 1 saturated carbocycles. The van der Waals surface area contributed by atoms with E-state index in [1.165, 1.54) is 0 Å². The molecule has 0 aromatic carbocycles. The van der Waals surface area contributed by atoms with Gasteiger partial charge in [0.2, 0.25) is 0 Å². The fourth-order valence-corrected chi connectivity index (χ4v) is 2.68. The van der Waals surface area contributed by atoms with E-state index < -0.39 is 5.41 Å². The van der Waals surface area contributed by atoms with Crippen LogP contribution in [0.1, 0.15) is 66.7 Å². The van der Waals surface area contributed by atoms with Crippen LogP contribution in [0.3, 0.4) is 0 Å². The Morgan fingerprint density at radius 2 is 1.36 bits per heavy atom. The van der Waals surface area contributed by atoms with E-state index in [2.05, 4.69) is 34.6 Å². The van der Waals surface area contributed by atoms with Gasteiger partial charge in [-0.25, -0.2) is 0 Å². The second-order valence-electron chi connectivity index (χ2n) is 7.40. The predicted octanol–water partition coefficient (Wildman–Crippen LogP) is 3.97. The highest BCUT2D eigenvalue weighted by atomic mass is 16.6. The Morgan fingerprint density at radius 1 is 0.955 bits per heavy atom. The highest BCUT2D eigenvalue weighted by Crippen LogP contribution is 2.49. The first-order valence-corrected chi connectivity index (χ1v) is 8.66. The first-order valence-electron chi connectivity index (χ1n) is 8.66. The average Bonchev–Trinajstić information content (AvgIpc) is 2.37. The van der Waals surface area contributed by atoms with E-state index >= 15 is 0 Å². The number of carbonyl (C=O) groups excluding carboxylic acids is 2. The van der Waals surface area contributed by atoms with E-state index in [9.17, 15) is 9.59 Å². The van der Waals surface area contributed by atoms with Crippen molar-refractivity contribution in [3.8, 4) is 0 Å². The van der Waals surface area contributed by atoms with Crippen molar-refractivity contribution in [2.24, 2.45) is 23.2 Å². The summed E-state index contributed by atoms with van der Waals surface area (Å²) in [5, 5.41) is 0. The molecular weight excluding hydrogens is 280 g/mol. The van der Waals surface area contributed by atoms with Gasteiger partial charge in [-0.2, -0.15) is 0 Å². The lowest BCUT2D eigenvalue weighted by Gasteiger charge is -2.42. The molecule has 0 N–H and O–H groups in total. The van der Waals surface area contributed by atoms with Crippen molar-refractivity contribution in [1.29, 1.82) is 0 Å². The molecular formula is C18H32O4. The van der Waals surface area contributed by atoms with Crippen LogP contribution in [-0.4, -0.2) is 25.2 Å². The highest BCUT2D eigenvalue weighted by Gasteiger charge is 2.57. The number of esters is 2. The van der Waals surface area contributed by atoms with Crippen molar-refractivity contribution in [3.63, 3.8) is 0 Å². The first kappa shape index (κ1) is 19.0. The van der Waals surface area contributed by atoms with Crippen molar-refractivity contribution in [3.05, 3.63) is 0 Å². The fraction of sp³-hybridized carbons (Fsp3) is 0.889. The minimum absolute atomic E-state index is 0.382. The molecule has 0 aliphatic heterocycles. The van der Waals surface area contributed by atoms with E-state index in [0.29, 0.717) is 43.8 Å². The molecule has 22 heavy (non-hydrogen) atoms. The minimum Gasteiger partial charge on any atom is -0.465 e. The molecule has 0 saturated heterocycles. The van der Waals surface area contributed by atoms with Gasteiger partial charge in [0.1, 0.15) is 0 Å². The highest BCUT2D eigenvalue weighted by molar-refractivity contribution is 6.01. The number of carbonyl (C=O) groups is 2. The molecule has 0 amide bonds. The zero-order valence-electron chi connectivity index (χ0n) is 14.8. The Labute approximate surface area is 134 Å². The lowest BCUT2D eigenvalue weighted by molar-refractivity contribution is -0.184. The summed E-state index contributed by atoms with van der Waals surface area (Å²) in [6, 6.07) is 0. The summed E-state index contributed by atoms with van der Waals surface area (Å²) in [6.07, 6.45) is 3.78. The summed E-state index contributed by atoms with van der Waals surface area (Å²) >= 11 is 0. The molecule has 0 radical (unpaired) electrons. The lowest BCUT2D eigenvalue weighted by Crippen LogP contribution is -2.51. The van der Waals surface area contributed by atoms with Crippen LogP contribution in [0.15, 0.2) is 0 Å². The van der Waals surface area contributed by atoms with Gasteiger partial charge in [0.25, 0.3) is 0 Å². The van der Waals surface area contributed by atoms with Gasteiger partial charge in [-0.05, 0) is 43.4 Å². The Bertz CT molecular complexity index is 339. The molecule has 0 heterocycles. The Hall–Kier alpha value is -1.06. The second-order valence-corrected chi connectivity index (χ2v) is 7.40. The molecule has 4 nitrogen and oxygen atoms in total. The summed E-state index contributed by atoms with van der Waals surface area (Å²) in [5.74, 6) is 0.619. The van der Waals surface area contributed by atoms with Crippen molar-refractivity contribution in [2.75, 3.05) is 13.2 Å². The maximum absolute atomic E-state index is 12.4. The van der Waals surface area contributed by atoms with Gasteiger partial charge < -0.3 is 9.47 Å². The molecule has 128 valence electrons. The number of hydrogen-bond acceptors (Lipinski definition) is 4. The standard InChI is InChI=1S/C18H32O4/c1-6-15-11-18(12-15,16(19)21-9-7-13(2)3)17(20)22-10-8-14(4)5/h13-15H,6-12H2,1-5H3. The molecule has 0 aromatic rings. The number of ether oxygens (including phenoxy) is 2. The van der Waals surface area contributed by atoms with E-state index in [-0.39, 0.29) is 11.9 Å². The van der Waals surface area contributed by atoms with Crippen LogP contribution in [0.5, 0.6) is 0 Å². The molecule has 0 spiro atoms. The van der Waals surface area contributed by atoms with Crippen LogP contribution in [0.4, 0.5) is 0 Å². The molecule has 4 heteroatoms. The maximum Gasteiger partial charge on any atom is 0.323 e. The molecule has 0 unspecified atom stereocenters. The Morgan fingerprint density at radius 3 is 1.68 bits per heavy atom. The zero-order valence-corrected chi connectivity index (χ0v) is 14.8. The average molecular weight is 312 g/mol. The molecule has 0 atom stereocenters. The van der Waals surface area contributed by atoms with Crippen LogP contribution >= 0.6 is 0 Å². The Kier molecular flexibility index (Phi) is 7.37. The summed E-state index contributed by atoms with van der Waals surface area (Å²) in [4.78, 5) is 24.8. The third-order valence-electron chi connectivity index (χ3n) is 4.49. The van der Waals surface area contributed by atoms with Gasteiger partial charge in [0, 0.05) is 0 Å². The first-order chi connectivity index (χ1) is 10.3. The normalized spacial score (nSPS) is 17.4. The van der Waals surface area contributed by atoms with E-state index in [1.54, 1.807) is 0 Å². The minimum atomic E-state index is -1.03. The SMILES string of the molecule is CCC1CC(C(=O)OCCC(C)C)(C(=O)OCCC(C)C)C1. The molecule has 1 rings (SSSR count). The van der Waals surface area contributed by atoms with Crippen LogP contribution in [0.25, 0.3) is 0 Å². The van der Waals surface area contributed by atoms with Crippen LogP contribution in [0, 0.1) is 23.2 Å². The quantitative estimate of drug-likeness (QED) is 0.477. The Balaban J connectivity index is 2.58. The molecule has 1 aliphatic carbocycles. The molecule has 0 aromatic heterocycles. The van der Waals surface area contributed by atoms with Gasteiger partial charge in [0.05, 0.1) is 13.2 Å². The zero-order chi connectivity index (χ0) is 16.8. The lowest BCUT2D eigenvalue weighted by atomic mass is 9.61. The molecule has 1 aliphatic rings. The van der Waals surface area contributed by atoms with Crippen molar-refractivity contribution in [2.45, 2.75) is 66.7 Å². The third kappa shape index (κ3) is 4.99. The van der Waals surface area contributed by atoms with Crippen molar-refractivity contribution >= 4 is 11.9 Å². The van der Waals surface area contributed by atoms with Crippen molar-refractivity contribution < 1.29 is 19.1 Å². The maximum atomic E-state index is 12.4. The van der Waals surface area contributed by atoms with Gasteiger partial charge >= 0.3 is 11.9 Å². The van der Waals surface area contributed by atoms with E-state index in [4.69, 9.17) is 9.47 Å². The fourth-order valence-electron chi connectivity index (χ4n) is 2.68. The summed E-state index contributed by atoms with van der Waals surface area (Å²) in [6.45, 7) is 11.2. The summed E-state index contributed by atoms with van der Waals surface area (Å²) in [5.41, 5.74) is -1.03. The van der Waals surface area contributed by atoms with Crippen molar-refractivity contribution in [1.82, 2.24) is 0 Å². The van der Waals surface area contributed by atoms with Gasteiger partial charge in [0.15, 0.2) is 5.41 Å². The summed E-state index contributed by atoms with van der Waals surface area (Å²) < 4.78 is 10.7. The van der Waals surface area contributed by atoms with Crippen LogP contribution < -0.4 is 0 Å². The third-order valence-corrected chi connectivity index (χ3v) is 4.49. The van der Waals surface area contributed by atoms with Crippen LogP contribution in [0.2, 0.25) is 0 Å². The smallest absolute Gasteiger partial charge is 0.323 e. The van der Waals surface area contributed by atoms with E-state index in [0.717, 1.165) is 19.3 Å². The largest absolute Gasteiger partial charge is 0.465 e. The van der Waals surface area contributed by atoms with Crippen LogP contribution in [-0.2, 0) is 19.1 Å². The molecule has 1 fully saturated rings. The van der Waals surface area contributed by atoms with Gasteiger partial charge in [-0.1, -0.05) is 41.0 Å². The number of rotatable bonds is 9. The van der Waals surface area contributed by atoms with Gasteiger partial charge in [-0.15, -0.1) is 0 Å². The topological polar surface area (TPSA) is 52.6 Å². The predicted molar refractivity (Wildman–Crippen MR) is 86.3 cm³/mol. The second kappa shape index (κ2) is 8.54. The number of hydrogen-bond donors (Lipinski definition) is 0. The molecule has 0 bridgehead atoms. The van der Waals surface area contributed by atoms with E-state index in [1.807, 2.05) is 0 Å². The monoisotopic (exact) mass is 312 g/mol. The van der Waals surface area contributed by atoms with Gasteiger partial charge in [-0.3, -0.25) is 9.59 Å².